The van der Waals surface area contributed by atoms with Crippen LogP contribution in [0.1, 0.15) is 24.1 Å². The van der Waals surface area contributed by atoms with Crippen LogP contribution < -0.4 is 11.1 Å². The van der Waals surface area contributed by atoms with Crippen LogP contribution in [-0.4, -0.2) is 0 Å². The maximum atomic E-state index is 12.8. The van der Waals surface area contributed by atoms with Crippen LogP contribution in [-0.2, 0) is 0 Å². The van der Waals surface area contributed by atoms with Crippen molar-refractivity contribution in [3.05, 3.63) is 59.4 Å². The van der Waals surface area contributed by atoms with Gasteiger partial charge in [0.05, 0.1) is 5.56 Å². The second kappa shape index (κ2) is 5.40. The Balaban J connectivity index is 2.17. The summed E-state index contributed by atoms with van der Waals surface area (Å²) in [6.07, 6.45) is 0. The summed E-state index contributed by atoms with van der Waals surface area (Å²) in [5, 5.41) is 12.2. The normalized spacial score (nSPS) is 11.6. The van der Waals surface area contributed by atoms with E-state index in [1.54, 1.807) is 24.3 Å². The zero-order valence-corrected chi connectivity index (χ0v) is 10.5. The third-order valence-corrected chi connectivity index (χ3v) is 2.93. The summed E-state index contributed by atoms with van der Waals surface area (Å²) in [4.78, 5) is 0. The zero-order chi connectivity index (χ0) is 13.8. The van der Waals surface area contributed by atoms with E-state index in [0.717, 1.165) is 11.3 Å². The van der Waals surface area contributed by atoms with Gasteiger partial charge in [0.1, 0.15) is 11.9 Å². The number of anilines is 2. The van der Waals surface area contributed by atoms with E-state index >= 15 is 0 Å². The Morgan fingerprint density at radius 1 is 1.21 bits per heavy atom. The molecule has 96 valence electrons. The number of nitriles is 1. The number of hydrogen-bond acceptors (Lipinski definition) is 3. The maximum Gasteiger partial charge on any atom is 0.123 e. The molecule has 19 heavy (non-hydrogen) atoms. The van der Waals surface area contributed by atoms with Gasteiger partial charge in [-0.3, -0.25) is 0 Å². The lowest BCUT2D eigenvalue weighted by Crippen LogP contribution is -2.07. The Morgan fingerprint density at radius 3 is 2.53 bits per heavy atom. The number of nitrogens with zero attached hydrogens (tertiary/aromatic N) is 1. The second-order valence-electron chi connectivity index (χ2n) is 4.33. The van der Waals surface area contributed by atoms with Gasteiger partial charge in [0, 0.05) is 17.4 Å². The Kier molecular flexibility index (Phi) is 3.67. The zero-order valence-electron chi connectivity index (χ0n) is 10.5. The molecule has 1 atom stereocenters. The second-order valence-corrected chi connectivity index (χ2v) is 4.33. The highest BCUT2D eigenvalue weighted by molar-refractivity contribution is 5.62. The van der Waals surface area contributed by atoms with Crippen molar-refractivity contribution >= 4 is 11.4 Å². The number of hydrogen-bond donors (Lipinski definition) is 2. The number of nitrogens with one attached hydrogen (secondary N) is 1. The van der Waals surface area contributed by atoms with E-state index in [2.05, 4.69) is 5.32 Å². The lowest BCUT2D eigenvalue weighted by atomic mass is 10.1. The first-order valence-corrected chi connectivity index (χ1v) is 5.92. The minimum Gasteiger partial charge on any atom is -0.398 e. The van der Waals surface area contributed by atoms with Crippen LogP contribution in [0.3, 0.4) is 0 Å². The van der Waals surface area contributed by atoms with Gasteiger partial charge in [-0.05, 0) is 42.8 Å². The van der Waals surface area contributed by atoms with Crippen molar-refractivity contribution < 1.29 is 4.39 Å². The van der Waals surface area contributed by atoms with Gasteiger partial charge in [0.15, 0.2) is 0 Å². The minimum atomic E-state index is -0.254. The van der Waals surface area contributed by atoms with E-state index < -0.39 is 0 Å². The van der Waals surface area contributed by atoms with Gasteiger partial charge >= 0.3 is 0 Å². The summed E-state index contributed by atoms with van der Waals surface area (Å²) in [5.74, 6) is -0.254. The van der Waals surface area contributed by atoms with Crippen molar-refractivity contribution in [1.82, 2.24) is 0 Å². The minimum absolute atomic E-state index is 0.00997. The van der Waals surface area contributed by atoms with E-state index in [1.165, 1.54) is 12.1 Å². The highest BCUT2D eigenvalue weighted by Crippen LogP contribution is 2.22. The van der Waals surface area contributed by atoms with Gasteiger partial charge in [-0.15, -0.1) is 0 Å². The molecule has 0 fully saturated rings. The summed E-state index contributed by atoms with van der Waals surface area (Å²) >= 11 is 0. The van der Waals surface area contributed by atoms with Crippen LogP contribution in [0.5, 0.6) is 0 Å². The van der Waals surface area contributed by atoms with Gasteiger partial charge in [-0.1, -0.05) is 12.1 Å². The third kappa shape index (κ3) is 3.02. The molecule has 1 unspecified atom stereocenters. The SMILES string of the molecule is CC(Nc1ccc(N)c(C#N)c1)c1ccc(F)cc1. The van der Waals surface area contributed by atoms with Gasteiger partial charge in [-0.2, -0.15) is 5.26 Å². The molecule has 4 heteroatoms. The summed E-state index contributed by atoms with van der Waals surface area (Å²) in [6.45, 7) is 1.97. The van der Waals surface area contributed by atoms with E-state index in [-0.39, 0.29) is 11.9 Å². The molecule has 0 aliphatic carbocycles. The molecule has 0 aliphatic rings. The molecule has 0 aromatic heterocycles. The molecule has 0 radical (unpaired) electrons. The molecule has 0 bridgehead atoms. The molecule has 3 nitrogen and oxygen atoms in total. The van der Waals surface area contributed by atoms with Gasteiger partial charge in [0.25, 0.3) is 0 Å². The Hall–Kier alpha value is -2.54. The number of nitrogen functional groups attached to an aromatic ring is 1. The number of halogens is 1. The fraction of sp³-hybridized carbons (Fsp3) is 0.133. The molecule has 0 saturated carbocycles. The van der Waals surface area contributed by atoms with E-state index in [0.29, 0.717) is 11.3 Å². The molecule has 3 N–H and O–H groups in total. The van der Waals surface area contributed by atoms with E-state index in [9.17, 15) is 4.39 Å². The largest absolute Gasteiger partial charge is 0.398 e. The predicted octanol–water partition coefficient (Wildman–Crippen LogP) is 3.45. The number of nitrogens with two attached hydrogens (primary N) is 1. The van der Waals surface area contributed by atoms with Gasteiger partial charge in [0.2, 0.25) is 0 Å². The molecule has 2 aromatic rings. The molecule has 0 aliphatic heterocycles. The topological polar surface area (TPSA) is 61.8 Å². The summed E-state index contributed by atoms with van der Waals surface area (Å²) < 4.78 is 12.8. The average Bonchev–Trinajstić information content (AvgIpc) is 2.41. The molecule has 0 saturated heterocycles. The highest BCUT2D eigenvalue weighted by Gasteiger charge is 2.07. The van der Waals surface area contributed by atoms with Crippen LogP contribution in [0.25, 0.3) is 0 Å². The van der Waals surface area contributed by atoms with Crippen LogP contribution >= 0.6 is 0 Å². The molecule has 0 amide bonds. The van der Waals surface area contributed by atoms with Crippen molar-refractivity contribution in [3.63, 3.8) is 0 Å². The maximum absolute atomic E-state index is 12.8. The third-order valence-electron chi connectivity index (χ3n) is 2.93. The molecule has 0 heterocycles. The molecular weight excluding hydrogens is 241 g/mol. The molecule has 2 rings (SSSR count). The van der Waals surface area contributed by atoms with Crippen LogP contribution in [0.15, 0.2) is 42.5 Å². The highest BCUT2D eigenvalue weighted by atomic mass is 19.1. The van der Waals surface area contributed by atoms with Crippen molar-refractivity contribution in [2.24, 2.45) is 0 Å². The fourth-order valence-corrected chi connectivity index (χ4v) is 1.83. The van der Waals surface area contributed by atoms with Crippen LogP contribution in [0.2, 0.25) is 0 Å². The smallest absolute Gasteiger partial charge is 0.123 e. The van der Waals surface area contributed by atoms with Crippen molar-refractivity contribution in [3.8, 4) is 6.07 Å². The lowest BCUT2D eigenvalue weighted by molar-refractivity contribution is 0.626. The molecule has 2 aromatic carbocycles. The summed E-state index contributed by atoms with van der Waals surface area (Å²) in [5.41, 5.74) is 8.35. The summed E-state index contributed by atoms with van der Waals surface area (Å²) in [6, 6.07) is 13.6. The molecular formula is C15H14FN3. The van der Waals surface area contributed by atoms with Crippen LogP contribution in [0, 0.1) is 17.1 Å². The quantitative estimate of drug-likeness (QED) is 0.826. The van der Waals surface area contributed by atoms with Gasteiger partial charge < -0.3 is 11.1 Å². The molecule has 0 spiro atoms. The Bertz CT molecular complexity index is 614. The van der Waals surface area contributed by atoms with Crippen molar-refractivity contribution in [2.45, 2.75) is 13.0 Å². The predicted molar refractivity (Wildman–Crippen MR) is 74.0 cm³/mol. The summed E-state index contributed by atoms with van der Waals surface area (Å²) in [7, 11) is 0. The first-order chi connectivity index (χ1) is 9.10. The van der Waals surface area contributed by atoms with Crippen LogP contribution in [0.4, 0.5) is 15.8 Å². The van der Waals surface area contributed by atoms with Crippen molar-refractivity contribution in [2.75, 3.05) is 11.1 Å². The first kappa shape index (κ1) is 12.9. The Labute approximate surface area is 111 Å². The first-order valence-electron chi connectivity index (χ1n) is 5.92. The van der Waals surface area contributed by atoms with E-state index in [4.69, 9.17) is 11.0 Å². The van der Waals surface area contributed by atoms with E-state index in [1.807, 2.05) is 19.1 Å². The standard InChI is InChI=1S/C15H14FN3/c1-10(11-2-4-13(16)5-3-11)19-14-6-7-15(18)12(8-14)9-17/h2-8,10,19H,18H2,1H3. The fourth-order valence-electron chi connectivity index (χ4n) is 1.83. The number of rotatable bonds is 3. The Morgan fingerprint density at radius 2 is 1.89 bits per heavy atom. The van der Waals surface area contributed by atoms with Gasteiger partial charge in [-0.25, -0.2) is 4.39 Å². The monoisotopic (exact) mass is 255 g/mol. The number of benzene rings is 2. The lowest BCUT2D eigenvalue weighted by Gasteiger charge is -2.16. The average molecular weight is 255 g/mol. The van der Waals surface area contributed by atoms with Crippen molar-refractivity contribution in [1.29, 1.82) is 5.26 Å².